The average molecular weight is 1300 g/mol. The molecule has 0 spiro atoms. The minimum atomic E-state index is 0.842. The standard InChI is InChI=1S/C99H84N2/c1-5-9-22-72-32-40-76(41-33-72)48-52-80-56-64-87(65-57-80)91-93(84-26-16-13-17-27-84)98(100-96(91)89-68-60-82(61-69-89)54-50-78-44-36-74(37-45-78)24-11-7-3)95(86-30-20-15-21-31-86)99-94(85-28-18-14-19-29-85)92(88-66-58-81(59-67-88)53-49-77-42-34-73(35-43-77)23-10-6-2)97(101-99)90-70-62-83(63-71-90)55-51-79-46-38-75(39-47-79)25-12-8-4/h13-21,26-47,56-71,100H,5-12,22-25H2,1-4H3/b99-95-. The summed E-state index contributed by atoms with van der Waals surface area (Å²) in [7, 11) is 0. The summed E-state index contributed by atoms with van der Waals surface area (Å²) in [5, 5.41) is 0. The summed E-state index contributed by atoms with van der Waals surface area (Å²) in [5.74, 6) is 27.9. The van der Waals surface area contributed by atoms with Crippen LogP contribution in [-0.4, -0.2) is 10.7 Å². The van der Waals surface area contributed by atoms with Gasteiger partial charge in [0, 0.05) is 77.9 Å². The minimum absolute atomic E-state index is 0.842. The molecule has 0 amide bonds. The van der Waals surface area contributed by atoms with Crippen molar-refractivity contribution >= 4 is 22.4 Å². The number of unbranched alkanes of at least 4 members (excludes halogenated alkanes) is 4. The Labute approximate surface area is 599 Å². The predicted molar refractivity (Wildman–Crippen MR) is 426 cm³/mol. The highest BCUT2D eigenvalue weighted by Crippen LogP contribution is 2.51. The lowest BCUT2D eigenvalue weighted by atomic mass is 9.85. The molecule has 1 aliphatic rings. The molecule has 11 aromatic carbocycles. The van der Waals surface area contributed by atoms with Crippen LogP contribution < -0.4 is 0 Å². The zero-order chi connectivity index (χ0) is 69.0. The molecule has 1 N–H and O–H groups in total. The number of rotatable bonds is 20. The number of nitrogens with zero attached hydrogens (tertiary/aromatic N) is 1. The number of aliphatic imine (C=N–C) groups is 1. The van der Waals surface area contributed by atoms with Crippen molar-refractivity contribution in [3.63, 3.8) is 0 Å². The summed E-state index contributed by atoms with van der Waals surface area (Å²) >= 11 is 0. The maximum Gasteiger partial charge on any atom is 0.0822 e. The number of benzene rings is 11. The number of H-pyrrole nitrogens is 1. The van der Waals surface area contributed by atoms with E-state index in [4.69, 9.17) is 4.99 Å². The zero-order valence-corrected chi connectivity index (χ0v) is 58.6. The van der Waals surface area contributed by atoms with Crippen molar-refractivity contribution < 1.29 is 0 Å². The van der Waals surface area contributed by atoms with E-state index in [2.05, 4.69) is 365 Å². The van der Waals surface area contributed by atoms with Gasteiger partial charge in [-0.25, -0.2) is 4.99 Å². The van der Waals surface area contributed by atoms with Gasteiger partial charge in [-0.2, -0.15) is 0 Å². The number of nitrogens with one attached hydrogen (secondary N) is 1. The second-order valence-electron chi connectivity index (χ2n) is 26.2. The summed E-state index contributed by atoms with van der Waals surface area (Å²) in [5.41, 5.74) is 29.0. The molecule has 1 aliphatic heterocycles. The van der Waals surface area contributed by atoms with Crippen LogP contribution in [0.3, 0.4) is 0 Å². The van der Waals surface area contributed by atoms with Gasteiger partial charge in [-0.3, -0.25) is 0 Å². The third-order valence-electron chi connectivity index (χ3n) is 18.8. The first-order chi connectivity index (χ1) is 49.9. The summed E-state index contributed by atoms with van der Waals surface area (Å²) in [6.07, 6.45) is 13.7. The topological polar surface area (TPSA) is 28.1 Å². The Morgan fingerprint density at radius 1 is 0.277 bits per heavy atom. The first-order valence-corrected chi connectivity index (χ1v) is 36.2. The number of aromatic nitrogens is 1. The van der Waals surface area contributed by atoms with Crippen LogP contribution in [0, 0.1) is 47.4 Å². The molecule has 12 aromatic rings. The van der Waals surface area contributed by atoms with E-state index in [-0.39, 0.29) is 0 Å². The fourth-order valence-electron chi connectivity index (χ4n) is 13.1. The highest BCUT2D eigenvalue weighted by atomic mass is 14.8. The van der Waals surface area contributed by atoms with E-state index in [0.717, 1.165) is 160 Å². The van der Waals surface area contributed by atoms with Crippen molar-refractivity contribution in [1.29, 1.82) is 0 Å². The molecule has 0 fully saturated rings. The van der Waals surface area contributed by atoms with E-state index in [9.17, 15) is 0 Å². The van der Waals surface area contributed by atoms with Gasteiger partial charge in [0.15, 0.2) is 0 Å². The summed E-state index contributed by atoms with van der Waals surface area (Å²) in [6.45, 7) is 8.95. The molecular formula is C99H84N2. The van der Waals surface area contributed by atoms with Crippen molar-refractivity contribution in [1.82, 2.24) is 4.98 Å². The molecule has 0 bridgehead atoms. The Hall–Kier alpha value is -11.9. The first-order valence-electron chi connectivity index (χ1n) is 36.2. The van der Waals surface area contributed by atoms with Gasteiger partial charge in [0.1, 0.15) is 0 Å². The lowest BCUT2D eigenvalue weighted by molar-refractivity contribution is 0.795. The van der Waals surface area contributed by atoms with Crippen molar-refractivity contribution in [2.24, 2.45) is 4.99 Å². The molecule has 0 saturated carbocycles. The van der Waals surface area contributed by atoms with E-state index in [1.165, 1.54) is 73.6 Å². The monoisotopic (exact) mass is 1300 g/mol. The summed E-state index contributed by atoms with van der Waals surface area (Å²) in [4.78, 5) is 10.3. The van der Waals surface area contributed by atoms with Crippen LogP contribution in [0.25, 0.3) is 50.2 Å². The molecule has 0 unspecified atom stereocenters. The molecule has 0 saturated heterocycles. The van der Waals surface area contributed by atoms with Crippen molar-refractivity contribution in [2.45, 2.75) is 105 Å². The highest BCUT2D eigenvalue weighted by Gasteiger charge is 2.34. The van der Waals surface area contributed by atoms with Crippen LogP contribution in [0.1, 0.15) is 174 Å². The normalized spacial score (nSPS) is 12.1. The maximum atomic E-state index is 6.08. The minimum Gasteiger partial charge on any atom is -0.353 e. The maximum absolute atomic E-state index is 6.08. The fraction of sp³-hybridized carbons (Fsp3) is 0.162. The largest absolute Gasteiger partial charge is 0.353 e. The summed E-state index contributed by atoms with van der Waals surface area (Å²) in [6, 6.07) is 102. The third-order valence-corrected chi connectivity index (χ3v) is 18.8. The summed E-state index contributed by atoms with van der Waals surface area (Å²) < 4.78 is 0. The molecule has 0 atom stereocenters. The van der Waals surface area contributed by atoms with Crippen LogP contribution in [0.15, 0.2) is 296 Å². The lowest BCUT2D eigenvalue weighted by Crippen LogP contribution is -2.03. The Kier molecular flexibility index (Phi) is 22.5. The number of allylic oxidation sites excluding steroid dienone is 2. The van der Waals surface area contributed by atoms with E-state index in [1.54, 1.807) is 0 Å². The molecule has 490 valence electrons. The molecule has 0 radical (unpaired) electrons. The SMILES string of the molecule is CCCCc1ccc(C#Cc2ccc(C3=N/C(=C(/c4ccccc4)c4[nH]c(-c5ccc(C#Cc6ccc(CCCC)cc6)cc5)c(-c5ccc(C#Cc6ccc(CCCC)cc6)cc5)c4-c4ccccc4)C(c4ccccc4)=C3c3ccc(C#Cc4ccc(CCCC)cc4)cc3)cc2)cc1. The molecule has 2 heterocycles. The molecule has 2 heteroatoms. The Morgan fingerprint density at radius 3 is 0.921 bits per heavy atom. The molecule has 0 aliphatic carbocycles. The van der Waals surface area contributed by atoms with Gasteiger partial charge in [-0.15, -0.1) is 0 Å². The fourth-order valence-corrected chi connectivity index (χ4v) is 13.1. The molecule has 13 rings (SSSR count). The highest BCUT2D eigenvalue weighted by molar-refractivity contribution is 6.42. The lowest BCUT2D eigenvalue weighted by Gasteiger charge is -2.17. The van der Waals surface area contributed by atoms with Crippen LogP contribution >= 0.6 is 0 Å². The number of aromatic amines is 1. The first kappa shape index (κ1) is 67.6. The van der Waals surface area contributed by atoms with Gasteiger partial charge in [0.2, 0.25) is 0 Å². The van der Waals surface area contributed by atoms with E-state index in [1.807, 2.05) is 0 Å². The van der Waals surface area contributed by atoms with E-state index < -0.39 is 0 Å². The van der Waals surface area contributed by atoms with Gasteiger partial charge in [0.25, 0.3) is 0 Å². The van der Waals surface area contributed by atoms with Gasteiger partial charge in [0.05, 0.1) is 22.8 Å². The van der Waals surface area contributed by atoms with Crippen LogP contribution in [-0.2, 0) is 25.7 Å². The van der Waals surface area contributed by atoms with Crippen LogP contribution in [0.2, 0.25) is 0 Å². The number of aryl methyl sites for hydroxylation is 4. The smallest absolute Gasteiger partial charge is 0.0822 e. The van der Waals surface area contributed by atoms with Crippen LogP contribution in [0.5, 0.6) is 0 Å². The van der Waals surface area contributed by atoms with Gasteiger partial charge >= 0.3 is 0 Å². The molecule has 101 heavy (non-hydrogen) atoms. The Balaban J connectivity index is 1.01. The van der Waals surface area contributed by atoms with Gasteiger partial charge < -0.3 is 4.98 Å². The van der Waals surface area contributed by atoms with E-state index in [0.29, 0.717) is 0 Å². The number of hydrogen-bond acceptors (Lipinski definition) is 1. The Morgan fingerprint density at radius 2 is 0.564 bits per heavy atom. The zero-order valence-electron chi connectivity index (χ0n) is 58.6. The van der Waals surface area contributed by atoms with Crippen molar-refractivity contribution in [2.75, 3.05) is 0 Å². The van der Waals surface area contributed by atoms with Gasteiger partial charge in [-0.1, -0.05) is 289 Å². The molecule has 2 nitrogen and oxygen atoms in total. The molecule has 1 aromatic heterocycles. The molecular weight excluding hydrogens is 1220 g/mol. The predicted octanol–water partition coefficient (Wildman–Crippen LogP) is 23.9. The quantitative estimate of drug-likeness (QED) is 0.0737. The second kappa shape index (κ2) is 33.6. The van der Waals surface area contributed by atoms with Crippen molar-refractivity contribution in [3.8, 4) is 80.9 Å². The van der Waals surface area contributed by atoms with Crippen LogP contribution in [0.4, 0.5) is 0 Å². The second-order valence-corrected chi connectivity index (χ2v) is 26.2. The average Bonchev–Trinajstić information content (AvgIpc) is 1.58. The van der Waals surface area contributed by atoms with Crippen molar-refractivity contribution in [3.05, 3.63) is 386 Å². The van der Waals surface area contributed by atoms with Gasteiger partial charge in [-0.05, 0) is 204 Å². The third kappa shape index (κ3) is 17.0. The number of hydrogen-bond donors (Lipinski definition) is 1. The van der Waals surface area contributed by atoms with E-state index >= 15 is 0 Å². The Bertz CT molecular complexity index is 5150.